The average molecular weight is 561 g/mol. The Kier molecular flexibility index (Phi) is 7.41. The molecular formula is C28H27F3N2O5S. The van der Waals surface area contributed by atoms with Gasteiger partial charge in [-0.3, -0.25) is 4.90 Å². The molecule has 2 aliphatic rings. The molecule has 2 saturated heterocycles. The molecule has 0 spiro atoms. The number of carbonyl (C=O) groups is 1. The second kappa shape index (κ2) is 10.6. The second-order valence-electron chi connectivity index (χ2n) is 9.67. The molecule has 0 N–H and O–H groups in total. The summed E-state index contributed by atoms with van der Waals surface area (Å²) in [5.41, 5.74) is -0.531. The molecule has 0 saturated carbocycles. The van der Waals surface area contributed by atoms with Gasteiger partial charge in [-0.1, -0.05) is 30.3 Å². The van der Waals surface area contributed by atoms with Gasteiger partial charge in [-0.25, -0.2) is 26.4 Å². The third-order valence-corrected chi connectivity index (χ3v) is 9.06. The Morgan fingerprint density at radius 3 is 2.33 bits per heavy atom. The number of esters is 1. The van der Waals surface area contributed by atoms with Crippen LogP contribution in [0.2, 0.25) is 0 Å². The molecule has 206 valence electrons. The molecule has 2 unspecified atom stereocenters. The maximum atomic E-state index is 15.0. The normalized spacial score (nSPS) is 21.6. The molecule has 11 heteroatoms. The zero-order valence-corrected chi connectivity index (χ0v) is 22.0. The van der Waals surface area contributed by atoms with Crippen LogP contribution in [0.5, 0.6) is 11.5 Å². The highest BCUT2D eigenvalue weighted by atomic mass is 32.2. The number of benzene rings is 3. The Morgan fingerprint density at radius 1 is 1.03 bits per heavy atom. The average Bonchev–Trinajstić information content (AvgIpc) is 3.17. The van der Waals surface area contributed by atoms with Gasteiger partial charge in [0, 0.05) is 25.7 Å². The minimum absolute atomic E-state index is 0.0290. The van der Waals surface area contributed by atoms with Crippen LogP contribution in [-0.2, 0) is 26.1 Å². The van der Waals surface area contributed by atoms with Gasteiger partial charge < -0.3 is 9.47 Å². The minimum atomic E-state index is -4.54. The maximum Gasteiger partial charge on any atom is 0.328 e. The van der Waals surface area contributed by atoms with Gasteiger partial charge in [0.05, 0.1) is 11.5 Å². The van der Waals surface area contributed by atoms with Gasteiger partial charge in [0.15, 0.2) is 17.4 Å². The highest BCUT2D eigenvalue weighted by Crippen LogP contribution is 2.45. The van der Waals surface area contributed by atoms with Crippen LogP contribution in [-0.4, -0.2) is 54.9 Å². The van der Waals surface area contributed by atoms with Crippen LogP contribution in [0.25, 0.3) is 0 Å². The molecular weight excluding hydrogens is 533 g/mol. The zero-order valence-electron chi connectivity index (χ0n) is 21.1. The van der Waals surface area contributed by atoms with E-state index in [2.05, 4.69) is 0 Å². The van der Waals surface area contributed by atoms with Gasteiger partial charge in [-0.15, -0.1) is 0 Å². The van der Waals surface area contributed by atoms with Gasteiger partial charge in [-0.05, 0) is 61.7 Å². The summed E-state index contributed by atoms with van der Waals surface area (Å²) in [4.78, 5) is 14.7. The number of fused-ring (bicyclic) bond motifs is 2. The molecule has 0 amide bonds. The van der Waals surface area contributed by atoms with Crippen LogP contribution >= 0.6 is 0 Å². The van der Waals surface area contributed by atoms with E-state index in [9.17, 15) is 17.6 Å². The summed E-state index contributed by atoms with van der Waals surface area (Å²) in [6.45, 7) is 2.61. The van der Waals surface area contributed by atoms with E-state index in [1.807, 2.05) is 35.2 Å². The van der Waals surface area contributed by atoms with Crippen LogP contribution < -0.4 is 4.74 Å². The van der Waals surface area contributed by atoms with Crippen LogP contribution in [0.1, 0.15) is 25.3 Å². The van der Waals surface area contributed by atoms with Crippen LogP contribution in [0.3, 0.4) is 0 Å². The number of halogens is 3. The predicted molar refractivity (Wildman–Crippen MR) is 136 cm³/mol. The molecule has 2 fully saturated rings. The van der Waals surface area contributed by atoms with Gasteiger partial charge in [-0.2, -0.15) is 4.31 Å². The lowest BCUT2D eigenvalue weighted by atomic mass is 9.96. The molecule has 0 radical (unpaired) electrons. The van der Waals surface area contributed by atoms with E-state index in [-0.39, 0.29) is 25.3 Å². The quantitative estimate of drug-likeness (QED) is 0.366. The summed E-state index contributed by atoms with van der Waals surface area (Å²) in [6, 6.07) is 14.8. The van der Waals surface area contributed by atoms with E-state index in [1.165, 1.54) is 12.1 Å². The number of sulfonamides is 1. The van der Waals surface area contributed by atoms with E-state index in [1.54, 1.807) is 6.92 Å². The summed E-state index contributed by atoms with van der Waals surface area (Å²) in [5, 5.41) is 0. The van der Waals surface area contributed by atoms with Crippen molar-refractivity contribution >= 4 is 16.0 Å². The molecule has 39 heavy (non-hydrogen) atoms. The van der Waals surface area contributed by atoms with Crippen molar-refractivity contribution in [3.05, 3.63) is 89.7 Å². The first-order valence-corrected chi connectivity index (χ1v) is 14.0. The van der Waals surface area contributed by atoms with E-state index < -0.39 is 55.7 Å². The molecule has 0 aliphatic carbocycles. The standard InChI is InChI=1S/C28H27F3N2O5S/c1-2-37-27(34)28-13-12-21(17-32(18-28)16-19-6-4-3-5-7-19)33(28)39(35,36)23-14-24(30)26(25(31)15-23)38-22-10-8-20(29)9-11-22/h3-11,14-15,21H,2,12-13,16-18H2,1H3. The van der Waals surface area contributed by atoms with Crippen molar-refractivity contribution in [3.63, 3.8) is 0 Å². The van der Waals surface area contributed by atoms with Crippen molar-refractivity contribution in [1.29, 1.82) is 0 Å². The monoisotopic (exact) mass is 560 g/mol. The molecule has 2 heterocycles. The van der Waals surface area contributed by atoms with E-state index in [4.69, 9.17) is 9.47 Å². The predicted octanol–water partition coefficient (Wildman–Crippen LogP) is 4.87. The molecule has 2 atom stereocenters. The summed E-state index contributed by atoms with van der Waals surface area (Å²) < 4.78 is 82.7. The topological polar surface area (TPSA) is 76.2 Å². The first kappa shape index (κ1) is 27.2. The fourth-order valence-electron chi connectivity index (χ4n) is 5.46. The van der Waals surface area contributed by atoms with Crippen LogP contribution in [0.15, 0.2) is 71.6 Å². The van der Waals surface area contributed by atoms with Gasteiger partial charge >= 0.3 is 5.97 Å². The number of nitrogens with zero attached hydrogens (tertiary/aromatic N) is 2. The molecule has 0 aromatic heterocycles. The first-order valence-electron chi connectivity index (χ1n) is 12.5. The van der Waals surface area contributed by atoms with Crippen molar-refractivity contribution in [2.24, 2.45) is 0 Å². The Labute approximate surface area is 224 Å². The van der Waals surface area contributed by atoms with E-state index in [0.29, 0.717) is 31.6 Å². The van der Waals surface area contributed by atoms with Gasteiger partial charge in [0.2, 0.25) is 10.0 Å². The molecule has 7 nitrogen and oxygen atoms in total. The number of likely N-dealkylation sites (tertiary alicyclic amines) is 1. The number of ether oxygens (including phenoxy) is 2. The van der Waals surface area contributed by atoms with Gasteiger partial charge in [0.1, 0.15) is 17.1 Å². The lowest BCUT2D eigenvalue weighted by Gasteiger charge is -2.46. The van der Waals surface area contributed by atoms with E-state index in [0.717, 1.165) is 22.0 Å². The number of carbonyl (C=O) groups excluding carboxylic acids is 1. The minimum Gasteiger partial charge on any atom is -0.465 e. The summed E-state index contributed by atoms with van der Waals surface area (Å²) in [7, 11) is -4.54. The number of hydrogen-bond acceptors (Lipinski definition) is 6. The highest BCUT2D eigenvalue weighted by Gasteiger charge is 2.61. The fraction of sp³-hybridized carbons (Fsp3) is 0.321. The summed E-state index contributed by atoms with van der Waals surface area (Å²) in [6.07, 6.45) is 0.609. The highest BCUT2D eigenvalue weighted by molar-refractivity contribution is 7.89. The number of hydrogen-bond donors (Lipinski definition) is 0. The molecule has 2 aliphatic heterocycles. The lowest BCUT2D eigenvalue weighted by Crippen LogP contribution is -2.66. The third kappa shape index (κ3) is 5.13. The van der Waals surface area contributed by atoms with E-state index >= 15 is 8.78 Å². The molecule has 3 aromatic rings. The fourth-order valence-corrected chi connectivity index (χ4v) is 7.44. The van der Waals surface area contributed by atoms with Crippen molar-refractivity contribution in [1.82, 2.24) is 9.21 Å². The third-order valence-electron chi connectivity index (χ3n) is 7.07. The smallest absolute Gasteiger partial charge is 0.328 e. The zero-order chi connectivity index (χ0) is 27.8. The Hall–Kier alpha value is -3.41. The maximum absolute atomic E-state index is 15.0. The van der Waals surface area contributed by atoms with Crippen LogP contribution in [0.4, 0.5) is 13.2 Å². The van der Waals surface area contributed by atoms with Crippen molar-refractivity contribution in [3.8, 4) is 11.5 Å². The Morgan fingerprint density at radius 2 is 1.69 bits per heavy atom. The Bertz CT molecular complexity index is 1450. The van der Waals surface area contributed by atoms with Crippen LogP contribution in [0, 0.1) is 17.5 Å². The second-order valence-corrected chi connectivity index (χ2v) is 11.5. The molecule has 2 bridgehead atoms. The first-order chi connectivity index (χ1) is 18.6. The van der Waals surface area contributed by atoms with Gasteiger partial charge in [0.25, 0.3) is 0 Å². The lowest BCUT2D eigenvalue weighted by molar-refractivity contribution is -0.157. The number of rotatable bonds is 8. The van der Waals surface area contributed by atoms with Crippen molar-refractivity contribution < 1.29 is 35.9 Å². The molecule has 3 aromatic carbocycles. The SMILES string of the molecule is CCOC(=O)C12CCC(CN(Cc3ccccc3)C1)N2S(=O)(=O)c1cc(F)c(Oc2ccc(F)cc2)c(F)c1. The molecule has 5 rings (SSSR count). The largest absolute Gasteiger partial charge is 0.465 e. The van der Waals surface area contributed by atoms with Crippen molar-refractivity contribution in [2.45, 2.75) is 42.8 Å². The van der Waals surface area contributed by atoms with Crippen molar-refractivity contribution in [2.75, 3.05) is 19.7 Å². The Balaban J connectivity index is 1.48. The number of piperazine rings is 1. The summed E-state index contributed by atoms with van der Waals surface area (Å²) in [5.74, 6) is -4.60. The summed E-state index contributed by atoms with van der Waals surface area (Å²) >= 11 is 0.